The number of aryl methyl sites for hydroxylation is 1. The first-order chi connectivity index (χ1) is 7.90. The van der Waals surface area contributed by atoms with Gasteiger partial charge in [-0.2, -0.15) is 0 Å². The molecule has 0 N–H and O–H groups in total. The van der Waals surface area contributed by atoms with Crippen molar-refractivity contribution in [1.82, 2.24) is 0 Å². The molecule has 0 bridgehead atoms. The zero-order valence-corrected chi connectivity index (χ0v) is 11.5. The van der Waals surface area contributed by atoms with E-state index in [1.54, 1.807) is 6.26 Å². The van der Waals surface area contributed by atoms with Crippen LogP contribution in [0.2, 0.25) is 0 Å². The molecule has 0 amide bonds. The molecule has 2 nitrogen and oxygen atoms in total. The Hall–Kier alpha value is -1.05. The number of fused-ring (bicyclic) bond motifs is 1. The van der Waals surface area contributed by atoms with Crippen LogP contribution < -0.4 is 0 Å². The minimum absolute atomic E-state index is 0.0442. The molecule has 0 saturated heterocycles. The van der Waals surface area contributed by atoms with Gasteiger partial charge in [-0.25, -0.2) is 0 Å². The molecule has 2 atom stereocenters. The van der Waals surface area contributed by atoms with Gasteiger partial charge in [0.1, 0.15) is 5.76 Å². The highest BCUT2D eigenvalue weighted by Crippen LogP contribution is 2.46. The fraction of sp³-hybridized carbons (Fsp3) is 0.667. The Labute approximate surface area is 103 Å². The fourth-order valence-corrected chi connectivity index (χ4v) is 3.36. The van der Waals surface area contributed by atoms with E-state index >= 15 is 0 Å². The average Bonchev–Trinajstić information content (AvgIpc) is 2.59. The van der Waals surface area contributed by atoms with Crippen LogP contribution in [0.15, 0.2) is 10.7 Å². The molecule has 1 aliphatic rings. The molecule has 0 fully saturated rings. The molecule has 0 radical (unpaired) electrons. The number of furan rings is 1. The molecule has 2 rings (SSSR count). The van der Waals surface area contributed by atoms with E-state index in [0.717, 1.165) is 29.7 Å². The van der Waals surface area contributed by atoms with Gasteiger partial charge in [0.15, 0.2) is 5.78 Å². The van der Waals surface area contributed by atoms with Gasteiger partial charge in [-0.05, 0) is 30.2 Å². The molecule has 94 valence electrons. The summed E-state index contributed by atoms with van der Waals surface area (Å²) in [7, 11) is 0. The quantitative estimate of drug-likeness (QED) is 0.773. The first-order valence-electron chi connectivity index (χ1n) is 6.52. The summed E-state index contributed by atoms with van der Waals surface area (Å²) in [4.78, 5) is 12.7. The Balaban J connectivity index is 2.54. The van der Waals surface area contributed by atoms with Gasteiger partial charge in [-0.3, -0.25) is 4.79 Å². The van der Waals surface area contributed by atoms with E-state index in [1.807, 2.05) is 6.92 Å². The van der Waals surface area contributed by atoms with E-state index in [4.69, 9.17) is 4.42 Å². The number of rotatable bonds is 2. The second-order valence-electron chi connectivity index (χ2n) is 5.99. The second-order valence-corrected chi connectivity index (χ2v) is 5.99. The third kappa shape index (κ3) is 1.74. The third-order valence-corrected chi connectivity index (χ3v) is 4.37. The summed E-state index contributed by atoms with van der Waals surface area (Å²) in [6, 6.07) is 0. The van der Waals surface area contributed by atoms with Crippen molar-refractivity contribution < 1.29 is 9.21 Å². The lowest BCUT2D eigenvalue weighted by atomic mass is 9.61. The van der Waals surface area contributed by atoms with Gasteiger partial charge >= 0.3 is 0 Å². The van der Waals surface area contributed by atoms with Crippen LogP contribution in [0.1, 0.15) is 55.8 Å². The minimum Gasteiger partial charge on any atom is -0.468 e. The van der Waals surface area contributed by atoms with Gasteiger partial charge in [0.2, 0.25) is 0 Å². The van der Waals surface area contributed by atoms with E-state index in [2.05, 4.69) is 27.7 Å². The Bertz CT molecular complexity index is 442. The molecule has 2 unspecified atom stereocenters. The normalized spacial score (nSPS) is 28.6. The number of carbonyl (C=O) groups excluding carboxylic acids is 1. The summed E-state index contributed by atoms with van der Waals surface area (Å²) >= 11 is 0. The van der Waals surface area contributed by atoms with Crippen LogP contribution in [-0.2, 0) is 6.42 Å². The highest BCUT2D eigenvalue weighted by atomic mass is 16.3. The maximum Gasteiger partial charge on any atom is 0.170 e. The molecule has 1 heterocycles. The van der Waals surface area contributed by atoms with Crippen molar-refractivity contribution in [2.24, 2.45) is 17.3 Å². The summed E-state index contributed by atoms with van der Waals surface area (Å²) in [5, 5.41) is 0. The second kappa shape index (κ2) is 4.01. The van der Waals surface area contributed by atoms with E-state index in [-0.39, 0.29) is 17.1 Å². The maximum atomic E-state index is 12.7. The largest absolute Gasteiger partial charge is 0.468 e. The first-order valence-corrected chi connectivity index (χ1v) is 6.52. The van der Waals surface area contributed by atoms with Crippen LogP contribution in [0.3, 0.4) is 0 Å². The number of carbonyl (C=O) groups is 1. The van der Waals surface area contributed by atoms with E-state index in [1.165, 1.54) is 0 Å². The van der Waals surface area contributed by atoms with Crippen molar-refractivity contribution in [1.29, 1.82) is 0 Å². The van der Waals surface area contributed by atoms with Crippen LogP contribution in [0.25, 0.3) is 0 Å². The SMILES string of the molecule is CCC1(C)Cc2occ(C)c2C(=O)C1C(C)C. The summed E-state index contributed by atoms with van der Waals surface area (Å²) < 4.78 is 5.56. The standard InChI is InChI=1S/C15H22O2/c1-6-15(5)7-11-12(10(4)8-17-11)14(16)13(15)9(2)3/h8-9,13H,6-7H2,1-5H3. The lowest BCUT2D eigenvalue weighted by Crippen LogP contribution is -2.42. The predicted molar refractivity (Wildman–Crippen MR) is 68.2 cm³/mol. The summed E-state index contributed by atoms with van der Waals surface area (Å²) in [5.41, 5.74) is 1.89. The number of Topliss-reactive ketones (excluding diaryl/α,β-unsaturated/α-hetero) is 1. The van der Waals surface area contributed by atoms with E-state index in [9.17, 15) is 4.79 Å². The minimum atomic E-state index is 0.0442. The van der Waals surface area contributed by atoms with Crippen molar-refractivity contribution in [3.8, 4) is 0 Å². The van der Waals surface area contributed by atoms with Crippen molar-refractivity contribution in [3.63, 3.8) is 0 Å². The summed E-state index contributed by atoms with van der Waals surface area (Å²) in [6.07, 6.45) is 3.63. The number of ketones is 1. The molecule has 0 spiro atoms. The highest BCUT2D eigenvalue weighted by Gasteiger charge is 2.46. The molecule has 0 saturated carbocycles. The monoisotopic (exact) mass is 234 g/mol. The van der Waals surface area contributed by atoms with Gasteiger partial charge in [0, 0.05) is 12.3 Å². The van der Waals surface area contributed by atoms with Crippen molar-refractivity contribution in [2.75, 3.05) is 0 Å². The highest BCUT2D eigenvalue weighted by molar-refractivity contribution is 6.01. The molecule has 1 aromatic rings. The van der Waals surface area contributed by atoms with Crippen LogP contribution in [-0.4, -0.2) is 5.78 Å². The van der Waals surface area contributed by atoms with E-state index < -0.39 is 0 Å². The summed E-state index contributed by atoms with van der Waals surface area (Å²) in [5.74, 6) is 1.69. The van der Waals surface area contributed by atoms with Crippen LogP contribution >= 0.6 is 0 Å². The lowest BCUT2D eigenvalue weighted by Gasteiger charge is -2.41. The molecular formula is C15H22O2. The van der Waals surface area contributed by atoms with Gasteiger partial charge in [0.05, 0.1) is 11.8 Å². The Morgan fingerprint density at radius 3 is 2.71 bits per heavy atom. The maximum absolute atomic E-state index is 12.7. The molecule has 0 aromatic carbocycles. The van der Waals surface area contributed by atoms with Gasteiger partial charge < -0.3 is 4.42 Å². The third-order valence-electron chi connectivity index (χ3n) is 4.37. The van der Waals surface area contributed by atoms with Crippen LogP contribution in [0, 0.1) is 24.2 Å². The Morgan fingerprint density at radius 1 is 1.53 bits per heavy atom. The topological polar surface area (TPSA) is 30.2 Å². The molecule has 1 aliphatic carbocycles. The molecule has 0 aliphatic heterocycles. The fourth-order valence-electron chi connectivity index (χ4n) is 3.36. The molecule has 17 heavy (non-hydrogen) atoms. The number of hydrogen-bond acceptors (Lipinski definition) is 2. The summed E-state index contributed by atoms with van der Waals surface area (Å²) in [6.45, 7) is 10.7. The Kier molecular flexibility index (Phi) is 2.92. The number of hydrogen-bond donors (Lipinski definition) is 0. The van der Waals surface area contributed by atoms with Crippen molar-refractivity contribution >= 4 is 5.78 Å². The molecule has 1 aromatic heterocycles. The smallest absolute Gasteiger partial charge is 0.170 e. The lowest BCUT2D eigenvalue weighted by molar-refractivity contribution is 0.0593. The van der Waals surface area contributed by atoms with E-state index in [0.29, 0.717) is 5.92 Å². The Morgan fingerprint density at radius 2 is 2.18 bits per heavy atom. The predicted octanol–water partition coefficient (Wildman–Crippen LogP) is 4.02. The molecular weight excluding hydrogens is 212 g/mol. The first kappa shape index (κ1) is 12.4. The van der Waals surface area contributed by atoms with Crippen molar-refractivity contribution in [3.05, 3.63) is 23.2 Å². The van der Waals surface area contributed by atoms with Crippen molar-refractivity contribution in [2.45, 2.75) is 47.5 Å². The van der Waals surface area contributed by atoms with Crippen LogP contribution in [0.5, 0.6) is 0 Å². The van der Waals surface area contributed by atoms with Gasteiger partial charge in [-0.1, -0.05) is 27.7 Å². The average molecular weight is 234 g/mol. The zero-order chi connectivity index (χ0) is 12.8. The van der Waals surface area contributed by atoms with Gasteiger partial charge in [0.25, 0.3) is 0 Å². The molecule has 2 heteroatoms. The zero-order valence-electron chi connectivity index (χ0n) is 11.5. The van der Waals surface area contributed by atoms with Gasteiger partial charge in [-0.15, -0.1) is 0 Å². The van der Waals surface area contributed by atoms with Crippen LogP contribution in [0.4, 0.5) is 0 Å².